The molecule has 1 aliphatic rings. The summed E-state index contributed by atoms with van der Waals surface area (Å²) in [5.41, 5.74) is 7.69. The van der Waals surface area contributed by atoms with Gasteiger partial charge in [-0.25, -0.2) is 0 Å². The van der Waals surface area contributed by atoms with Crippen LogP contribution in [0.1, 0.15) is 22.7 Å². The van der Waals surface area contributed by atoms with Crippen molar-refractivity contribution in [3.8, 4) is 29.1 Å². The SMILES string of the molecule is COc1cc(C2C(C#N)=C(N)Oc3cc(C)n(CCN(C)C)c(=O)c32)cc(OC)c1OC. The minimum absolute atomic E-state index is 0.0383. The molecule has 3 rings (SSSR count). The lowest BCUT2D eigenvalue weighted by Crippen LogP contribution is -2.34. The summed E-state index contributed by atoms with van der Waals surface area (Å²) in [5.74, 6) is 0.772. The highest BCUT2D eigenvalue weighted by Gasteiger charge is 2.35. The number of nitriles is 1. The van der Waals surface area contributed by atoms with Gasteiger partial charge >= 0.3 is 0 Å². The van der Waals surface area contributed by atoms with Crippen LogP contribution in [0.5, 0.6) is 23.0 Å². The molecule has 1 atom stereocenters. The van der Waals surface area contributed by atoms with Gasteiger partial charge in [0.1, 0.15) is 17.4 Å². The van der Waals surface area contributed by atoms with Crippen molar-refractivity contribution in [2.24, 2.45) is 5.73 Å². The van der Waals surface area contributed by atoms with Gasteiger partial charge in [0.05, 0.1) is 32.8 Å². The van der Waals surface area contributed by atoms with E-state index in [9.17, 15) is 10.1 Å². The molecule has 1 aromatic heterocycles. The molecule has 170 valence electrons. The van der Waals surface area contributed by atoms with Crippen LogP contribution in [0.25, 0.3) is 0 Å². The van der Waals surface area contributed by atoms with E-state index in [0.29, 0.717) is 47.2 Å². The standard InChI is InChI=1S/C23H28N4O5/c1-13-9-16-20(23(28)27(13)8-7-26(2)3)19(15(12-24)22(25)32-16)14-10-17(29-4)21(31-6)18(11-14)30-5/h9-11,19H,7-8,25H2,1-6H3. The lowest BCUT2D eigenvalue weighted by Gasteiger charge is -2.28. The summed E-state index contributed by atoms with van der Waals surface area (Å²) in [7, 11) is 8.40. The Hall–Kier alpha value is -3.64. The predicted octanol–water partition coefficient (Wildman–Crippen LogP) is 1.96. The van der Waals surface area contributed by atoms with E-state index < -0.39 is 5.92 Å². The van der Waals surface area contributed by atoms with Crippen LogP contribution in [-0.4, -0.2) is 51.4 Å². The van der Waals surface area contributed by atoms with Gasteiger partial charge in [-0.2, -0.15) is 5.26 Å². The molecule has 0 radical (unpaired) electrons. The number of nitrogens with zero attached hydrogens (tertiary/aromatic N) is 3. The molecule has 2 aromatic rings. The highest BCUT2D eigenvalue weighted by Crippen LogP contribution is 2.46. The van der Waals surface area contributed by atoms with Crippen molar-refractivity contribution in [3.05, 3.63) is 56.8 Å². The summed E-state index contributed by atoms with van der Waals surface area (Å²) in [6.45, 7) is 3.02. The maximum Gasteiger partial charge on any atom is 0.258 e. The molecule has 0 fully saturated rings. The number of pyridine rings is 1. The van der Waals surface area contributed by atoms with Crippen LogP contribution in [0, 0.1) is 18.3 Å². The second-order valence-electron chi connectivity index (χ2n) is 7.71. The van der Waals surface area contributed by atoms with Crippen LogP contribution in [0.3, 0.4) is 0 Å². The molecule has 0 bridgehead atoms. The zero-order valence-electron chi connectivity index (χ0n) is 19.2. The molecule has 1 aromatic carbocycles. The van der Waals surface area contributed by atoms with Crippen LogP contribution in [-0.2, 0) is 6.54 Å². The second-order valence-corrected chi connectivity index (χ2v) is 7.71. The summed E-state index contributed by atoms with van der Waals surface area (Å²) < 4.78 is 23.8. The van der Waals surface area contributed by atoms with E-state index in [1.165, 1.54) is 21.3 Å². The van der Waals surface area contributed by atoms with Crippen LogP contribution in [0.15, 0.2) is 34.4 Å². The molecule has 9 heteroatoms. The zero-order chi connectivity index (χ0) is 23.6. The third-order valence-electron chi connectivity index (χ3n) is 5.48. The summed E-state index contributed by atoms with van der Waals surface area (Å²) >= 11 is 0. The molecule has 0 spiro atoms. The first-order valence-corrected chi connectivity index (χ1v) is 10.0. The van der Waals surface area contributed by atoms with E-state index in [2.05, 4.69) is 6.07 Å². The molecule has 0 amide bonds. The first-order chi connectivity index (χ1) is 15.3. The monoisotopic (exact) mass is 440 g/mol. The van der Waals surface area contributed by atoms with Crippen LogP contribution in [0.4, 0.5) is 0 Å². The maximum absolute atomic E-state index is 13.6. The van der Waals surface area contributed by atoms with Crippen molar-refractivity contribution >= 4 is 0 Å². The average Bonchev–Trinajstić information content (AvgIpc) is 2.76. The number of aryl methyl sites for hydroxylation is 1. The molecule has 9 nitrogen and oxygen atoms in total. The molecular formula is C23H28N4O5. The number of aromatic nitrogens is 1. The van der Waals surface area contributed by atoms with Crippen molar-refractivity contribution in [2.75, 3.05) is 42.0 Å². The fourth-order valence-corrected chi connectivity index (χ4v) is 3.87. The predicted molar refractivity (Wildman–Crippen MR) is 119 cm³/mol. The van der Waals surface area contributed by atoms with Gasteiger partial charge in [-0.1, -0.05) is 0 Å². The number of hydrogen-bond donors (Lipinski definition) is 1. The summed E-state index contributed by atoms with van der Waals surface area (Å²) in [6.07, 6.45) is 0. The van der Waals surface area contributed by atoms with Crippen LogP contribution >= 0.6 is 0 Å². The van der Waals surface area contributed by atoms with E-state index >= 15 is 0 Å². The highest BCUT2D eigenvalue weighted by molar-refractivity contribution is 5.61. The molecule has 0 saturated carbocycles. The number of hydrogen-bond acceptors (Lipinski definition) is 8. The van der Waals surface area contributed by atoms with Gasteiger partial charge in [-0.3, -0.25) is 4.79 Å². The van der Waals surface area contributed by atoms with E-state index in [0.717, 1.165) is 5.69 Å². The van der Waals surface area contributed by atoms with Gasteiger partial charge in [-0.05, 0) is 38.7 Å². The summed E-state index contributed by atoms with van der Waals surface area (Å²) in [4.78, 5) is 15.6. The summed E-state index contributed by atoms with van der Waals surface area (Å²) in [5, 5.41) is 9.89. The second kappa shape index (κ2) is 9.24. The normalized spacial score (nSPS) is 15.1. The van der Waals surface area contributed by atoms with Gasteiger partial charge in [0, 0.05) is 24.8 Å². The fraction of sp³-hybridized carbons (Fsp3) is 0.391. The first kappa shape index (κ1) is 23.0. The maximum atomic E-state index is 13.6. The van der Waals surface area contributed by atoms with Crippen molar-refractivity contribution in [2.45, 2.75) is 19.4 Å². The van der Waals surface area contributed by atoms with Crippen LogP contribution in [0.2, 0.25) is 0 Å². The Labute approximate surface area is 187 Å². The molecule has 1 unspecified atom stereocenters. The number of benzene rings is 1. The number of methoxy groups -OCH3 is 3. The van der Waals surface area contributed by atoms with E-state index in [-0.39, 0.29) is 17.0 Å². The molecule has 1 aliphatic heterocycles. The third-order valence-corrected chi connectivity index (χ3v) is 5.48. The van der Waals surface area contributed by atoms with Gasteiger partial charge in [-0.15, -0.1) is 0 Å². The van der Waals surface area contributed by atoms with Crippen molar-refractivity contribution < 1.29 is 18.9 Å². The van der Waals surface area contributed by atoms with E-state index in [4.69, 9.17) is 24.7 Å². The lowest BCUT2D eigenvalue weighted by atomic mass is 9.83. The molecular weight excluding hydrogens is 412 g/mol. The minimum Gasteiger partial charge on any atom is -0.493 e. The molecule has 2 N–H and O–H groups in total. The molecule has 0 aliphatic carbocycles. The van der Waals surface area contributed by atoms with Crippen molar-refractivity contribution in [1.29, 1.82) is 5.26 Å². The highest BCUT2D eigenvalue weighted by atomic mass is 16.5. The van der Waals surface area contributed by atoms with Gasteiger partial charge in [0.25, 0.3) is 5.56 Å². The number of likely N-dealkylation sites (N-methyl/N-ethyl adjacent to an activating group) is 1. The Balaban J connectivity index is 2.31. The van der Waals surface area contributed by atoms with Crippen molar-refractivity contribution in [1.82, 2.24) is 9.47 Å². The number of fused-ring (bicyclic) bond motifs is 1. The number of nitrogens with two attached hydrogens (primary N) is 1. The largest absolute Gasteiger partial charge is 0.493 e. The zero-order valence-corrected chi connectivity index (χ0v) is 19.2. The van der Waals surface area contributed by atoms with Gasteiger partial charge in [0.15, 0.2) is 11.5 Å². The van der Waals surface area contributed by atoms with Crippen molar-refractivity contribution in [3.63, 3.8) is 0 Å². The van der Waals surface area contributed by atoms with E-state index in [1.54, 1.807) is 22.8 Å². The topological polar surface area (TPSA) is 112 Å². The Kier molecular flexibility index (Phi) is 6.65. The fourth-order valence-electron chi connectivity index (χ4n) is 3.87. The van der Waals surface area contributed by atoms with Crippen LogP contribution < -0.4 is 30.2 Å². The van der Waals surface area contributed by atoms with Gasteiger partial charge < -0.3 is 34.1 Å². The molecule has 32 heavy (non-hydrogen) atoms. The number of allylic oxidation sites excluding steroid dienone is 1. The minimum atomic E-state index is -0.754. The Bertz CT molecular complexity index is 1140. The first-order valence-electron chi connectivity index (χ1n) is 10.0. The Morgan fingerprint density at radius 2 is 1.78 bits per heavy atom. The molecule has 2 heterocycles. The van der Waals surface area contributed by atoms with E-state index in [1.807, 2.05) is 25.9 Å². The Morgan fingerprint density at radius 1 is 1.16 bits per heavy atom. The Morgan fingerprint density at radius 3 is 2.28 bits per heavy atom. The number of ether oxygens (including phenoxy) is 4. The van der Waals surface area contributed by atoms with Gasteiger partial charge in [0.2, 0.25) is 11.6 Å². The summed E-state index contributed by atoms with van der Waals surface area (Å²) in [6, 6.07) is 7.33. The smallest absolute Gasteiger partial charge is 0.258 e. The lowest BCUT2D eigenvalue weighted by molar-refractivity contribution is 0.323. The average molecular weight is 441 g/mol. The molecule has 0 saturated heterocycles. The number of rotatable bonds is 7. The quantitative estimate of drug-likeness (QED) is 0.695. The third kappa shape index (κ3) is 3.97.